The molecule has 6 heteroatoms. The molecule has 4 rings (SSSR count). The van der Waals surface area contributed by atoms with Crippen molar-refractivity contribution in [3.05, 3.63) is 53.1 Å². The van der Waals surface area contributed by atoms with Crippen molar-refractivity contribution in [2.75, 3.05) is 44.6 Å². The third-order valence-electron chi connectivity index (χ3n) is 6.32. The highest BCUT2D eigenvalue weighted by Crippen LogP contribution is 2.32. The van der Waals surface area contributed by atoms with Crippen LogP contribution >= 0.6 is 0 Å². The van der Waals surface area contributed by atoms with E-state index < -0.39 is 0 Å². The average Bonchev–Trinajstić information content (AvgIpc) is 3.25. The normalized spacial score (nSPS) is 21.4. The fourth-order valence-electron chi connectivity index (χ4n) is 4.71. The Labute approximate surface area is 173 Å². The first-order chi connectivity index (χ1) is 14.0. The van der Waals surface area contributed by atoms with Crippen LogP contribution in [0, 0.1) is 32.6 Å². The van der Waals surface area contributed by atoms with Gasteiger partial charge in [0.2, 0.25) is 0 Å². The van der Waals surface area contributed by atoms with E-state index in [0.717, 1.165) is 57.1 Å². The molecule has 0 radical (unpaired) electrons. The maximum atomic E-state index is 13.0. The van der Waals surface area contributed by atoms with Gasteiger partial charge in [0.15, 0.2) is 0 Å². The molecular weight excluding hydrogens is 362 g/mol. The number of benzene rings is 1. The van der Waals surface area contributed by atoms with Crippen LogP contribution in [0.1, 0.15) is 33.7 Å². The van der Waals surface area contributed by atoms with Crippen molar-refractivity contribution < 1.29 is 4.79 Å². The Morgan fingerprint density at radius 3 is 2.24 bits per heavy atom. The number of fused-ring (bicyclic) bond motifs is 1. The zero-order chi connectivity index (χ0) is 20.4. The second kappa shape index (κ2) is 8.49. The van der Waals surface area contributed by atoms with Gasteiger partial charge in [-0.1, -0.05) is 17.7 Å². The van der Waals surface area contributed by atoms with E-state index in [0.29, 0.717) is 17.4 Å². The van der Waals surface area contributed by atoms with Crippen molar-refractivity contribution in [3.8, 4) is 0 Å². The highest BCUT2D eigenvalue weighted by Gasteiger charge is 2.41. The molecule has 1 aromatic carbocycles. The number of nitrogens with one attached hydrogen (secondary N) is 1. The third-order valence-corrected chi connectivity index (χ3v) is 6.32. The smallest absolute Gasteiger partial charge is 0.257 e. The molecule has 2 saturated heterocycles. The standard InChI is InChI=1S/C23H31N5O/c1-16-5-7-21(8-6-16)24-9-4-10-27-11-19-13-28(14-20(19)12-27)23(29)22-17(2)25-15-26-18(22)3/h5-8,15,19-20,24H,4,9-14H2,1-3H3. The topological polar surface area (TPSA) is 61.4 Å². The number of anilines is 1. The van der Waals surface area contributed by atoms with Gasteiger partial charge in [-0.25, -0.2) is 9.97 Å². The molecule has 1 N–H and O–H groups in total. The molecular formula is C23H31N5O. The van der Waals surface area contributed by atoms with Crippen LogP contribution in [0.5, 0.6) is 0 Å². The van der Waals surface area contributed by atoms with Crippen LogP contribution in [0.4, 0.5) is 5.69 Å². The summed E-state index contributed by atoms with van der Waals surface area (Å²) in [6.45, 7) is 11.9. The Balaban J connectivity index is 1.23. The van der Waals surface area contributed by atoms with Crippen LogP contribution in [0.25, 0.3) is 0 Å². The van der Waals surface area contributed by atoms with Gasteiger partial charge in [0.1, 0.15) is 6.33 Å². The van der Waals surface area contributed by atoms with Gasteiger partial charge in [-0.05, 0) is 57.7 Å². The number of hydrogen-bond donors (Lipinski definition) is 1. The lowest BCUT2D eigenvalue weighted by atomic mass is 10.0. The van der Waals surface area contributed by atoms with Crippen molar-refractivity contribution in [2.45, 2.75) is 27.2 Å². The van der Waals surface area contributed by atoms with Crippen molar-refractivity contribution in [3.63, 3.8) is 0 Å². The number of carbonyl (C=O) groups is 1. The van der Waals surface area contributed by atoms with Crippen LogP contribution in [-0.4, -0.2) is 64.9 Å². The Kier molecular flexibility index (Phi) is 5.81. The quantitative estimate of drug-likeness (QED) is 0.765. The zero-order valence-corrected chi connectivity index (χ0v) is 17.7. The predicted octanol–water partition coefficient (Wildman–Crippen LogP) is 2.91. The first-order valence-corrected chi connectivity index (χ1v) is 10.6. The Morgan fingerprint density at radius 2 is 1.62 bits per heavy atom. The number of amides is 1. The van der Waals surface area contributed by atoms with Crippen LogP contribution in [-0.2, 0) is 0 Å². The summed E-state index contributed by atoms with van der Waals surface area (Å²) in [6.07, 6.45) is 2.67. The van der Waals surface area contributed by atoms with Gasteiger partial charge in [0.25, 0.3) is 5.91 Å². The second-order valence-corrected chi connectivity index (χ2v) is 8.56. The van der Waals surface area contributed by atoms with Crippen molar-refractivity contribution in [2.24, 2.45) is 11.8 Å². The van der Waals surface area contributed by atoms with E-state index in [9.17, 15) is 4.79 Å². The van der Waals surface area contributed by atoms with E-state index in [1.807, 2.05) is 18.7 Å². The fraction of sp³-hybridized carbons (Fsp3) is 0.522. The van der Waals surface area contributed by atoms with Crippen LogP contribution < -0.4 is 5.32 Å². The van der Waals surface area contributed by atoms with Gasteiger partial charge >= 0.3 is 0 Å². The molecule has 2 unspecified atom stereocenters. The summed E-state index contributed by atoms with van der Waals surface area (Å²) in [6, 6.07) is 8.56. The fourth-order valence-corrected chi connectivity index (χ4v) is 4.71. The molecule has 3 heterocycles. The molecule has 2 atom stereocenters. The molecule has 2 aromatic rings. The van der Waals surface area contributed by atoms with E-state index >= 15 is 0 Å². The SMILES string of the molecule is Cc1ccc(NCCCN2CC3CN(C(=O)c4c(C)ncnc4C)CC3C2)cc1. The maximum Gasteiger partial charge on any atom is 0.257 e. The van der Waals surface area contributed by atoms with Crippen molar-refractivity contribution in [1.82, 2.24) is 19.8 Å². The number of carbonyl (C=O) groups excluding carboxylic acids is 1. The van der Waals surface area contributed by atoms with E-state index in [2.05, 4.69) is 51.4 Å². The summed E-state index contributed by atoms with van der Waals surface area (Å²) >= 11 is 0. The van der Waals surface area contributed by atoms with Crippen LogP contribution in [0.15, 0.2) is 30.6 Å². The Morgan fingerprint density at radius 1 is 1.00 bits per heavy atom. The maximum absolute atomic E-state index is 13.0. The molecule has 2 aliphatic rings. The highest BCUT2D eigenvalue weighted by molar-refractivity contribution is 5.96. The molecule has 0 aliphatic carbocycles. The minimum atomic E-state index is 0.101. The number of aromatic nitrogens is 2. The molecule has 154 valence electrons. The molecule has 6 nitrogen and oxygen atoms in total. The van der Waals surface area contributed by atoms with Crippen LogP contribution in [0.3, 0.4) is 0 Å². The molecule has 0 saturated carbocycles. The van der Waals surface area contributed by atoms with E-state index in [1.54, 1.807) is 0 Å². The van der Waals surface area contributed by atoms with Crippen LogP contribution in [0.2, 0.25) is 0 Å². The summed E-state index contributed by atoms with van der Waals surface area (Å²) in [5.41, 5.74) is 4.73. The summed E-state index contributed by atoms with van der Waals surface area (Å²) in [5.74, 6) is 1.28. The number of likely N-dealkylation sites (tertiary alicyclic amines) is 2. The zero-order valence-electron chi connectivity index (χ0n) is 17.7. The summed E-state index contributed by atoms with van der Waals surface area (Å²) in [5, 5.41) is 3.51. The lowest BCUT2D eigenvalue weighted by Crippen LogP contribution is -2.34. The Hall–Kier alpha value is -2.47. The number of nitrogens with zero attached hydrogens (tertiary/aromatic N) is 4. The lowest BCUT2D eigenvalue weighted by molar-refractivity contribution is 0.0771. The minimum Gasteiger partial charge on any atom is -0.385 e. The molecule has 1 amide bonds. The first-order valence-electron chi connectivity index (χ1n) is 10.6. The molecule has 2 fully saturated rings. The highest BCUT2D eigenvalue weighted by atomic mass is 16.2. The predicted molar refractivity (Wildman–Crippen MR) is 115 cm³/mol. The van der Waals surface area contributed by atoms with E-state index in [-0.39, 0.29) is 5.91 Å². The molecule has 1 aromatic heterocycles. The number of hydrogen-bond acceptors (Lipinski definition) is 5. The van der Waals surface area contributed by atoms with Gasteiger partial charge in [-0.3, -0.25) is 4.79 Å². The van der Waals surface area contributed by atoms with Gasteiger partial charge in [0.05, 0.1) is 17.0 Å². The Bertz CT molecular complexity index is 832. The monoisotopic (exact) mass is 393 g/mol. The van der Waals surface area contributed by atoms with Gasteiger partial charge in [0, 0.05) is 38.4 Å². The molecule has 0 spiro atoms. The van der Waals surface area contributed by atoms with E-state index in [1.165, 1.54) is 17.6 Å². The number of rotatable bonds is 6. The first kappa shape index (κ1) is 19.8. The summed E-state index contributed by atoms with van der Waals surface area (Å²) < 4.78 is 0. The van der Waals surface area contributed by atoms with Gasteiger partial charge in [-0.15, -0.1) is 0 Å². The second-order valence-electron chi connectivity index (χ2n) is 8.56. The summed E-state index contributed by atoms with van der Waals surface area (Å²) in [4.78, 5) is 26.0. The van der Waals surface area contributed by atoms with E-state index in [4.69, 9.17) is 0 Å². The molecule has 29 heavy (non-hydrogen) atoms. The van der Waals surface area contributed by atoms with Crippen molar-refractivity contribution in [1.29, 1.82) is 0 Å². The minimum absolute atomic E-state index is 0.101. The third kappa shape index (κ3) is 4.42. The molecule has 0 bridgehead atoms. The average molecular weight is 394 g/mol. The molecule has 2 aliphatic heterocycles. The van der Waals surface area contributed by atoms with Gasteiger partial charge < -0.3 is 15.1 Å². The van der Waals surface area contributed by atoms with Gasteiger partial charge in [-0.2, -0.15) is 0 Å². The number of aryl methyl sites for hydroxylation is 3. The lowest BCUT2D eigenvalue weighted by Gasteiger charge is -2.22. The summed E-state index contributed by atoms with van der Waals surface area (Å²) in [7, 11) is 0. The van der Waals surface area contributed by atoms with Crippen molar-refractivity contribution >= 4 is 11.6 Å². The largest absolute Gasteiger partial charge is 0.385 e.